The molecule has 1 aromatic heterocycles. The number of aryl methyl sites for hydroxylation is 1. The van der Waals surface area contributed by atoms with Crippen LogP contribution in [0.4, 0.5) is 0 Å². The molecule has 4 aromatic rings. The highest BCUT2D eigenvalue weighted by Crippen LogP contribution is 2.36. The van der Waals surface area contributed by atoms with Crippen LogP contribution in [0, 0.1) is 0 Å². The van der Waals surface area contributed by atoms with Gasteiger partial charge in [0.25, 0.3) is 0 Å². The van der Waals surface area contributed by atoms with Gasteiger partial charge >= 0.3 is 0 Å². The Morgan fingerprint density at radius 3 is 2.09 bits per heavy atom. The second-order valence-electron chi connectivity index (χ2n) is 7.54. The Hall–Kier alpha value is -2.34. The molecular weight excluding hydrogens is 518 g/mol. The van der Waals surface area contributed by atoms with Crippen LogP contribution >= 0.6 is 38.9 Å². The summed E-state index contributed by atoms with van der Waals surface area (Å²) in [5, 5.41) is 2.54. The fourth-order valence-electron chi connectivity index (χ4n) is 3.38. The van der Waals surface area contributed by atoms with Crippen molar-refractivity contribution in [3.63, 3.8) is 0 Å². The van der Waals surface area contributed by atoms with Crippen LogP contribution in [0.5, 0.6) is 17.2 Å². The van der Waals surface area contributed by atoms with Crippen molar-refractivity contribution in [1.82, 2.24) is 4.98 Å². The van der Waals surface area contributed by atoms with E-state index in [-0.39, 0.29) is 0 Å². The molecule has 0 N–H and O–H groups in total. The van der Waals surface area contributed by atoms with Crippen LogP contribution in [-0.2, 0) is 6.42 Å². The third-order valence-electron chi connectivity index (χ3n) is 5.08. The summed E-state index contributed by atoms with van der Waals surface area (Å²) in [5.41, 5.74) is 3.27. The second-order valence-corrected chi connectivity index (χ2v) is 9.85. The lowest BCUT2D eigenvalue weighted by atomic mass is 10.1. The minimum Gasteiger partial charge on any atom is -0.493 e. The van der Waals surface area contributed by atoms with E-state index in [0.29, 0.717) is 11.6 Å². The Balaban J connectivity index is 1.56. The van der Waals surface area contributed by atoms with Crippen molar-refractivity contribution in [2.75, 3.05) is 11.9 Å². The van der Waals surface area contributed by atoms with Gasteiger partial charge in [-0.15, -0.1) is 11.3 Å². The molecular formula is C27H25BrClNO2S. The molecule has 0 unspecified atom stereocenters. The van der Waals surface area contributed by atoms with Gasteiger partial charge in [-0.05, 0) is 85.6 Å². The molecule has 1 heterocycles. The summed E-state index contributed by atoms with van der Waals surface area (Å²) >= 11 is 11.1. The third kappa shape index (κ3) is 6.38. The quantitative estimate of drug-likeness (QED) is 0.187. The van der Waals surface area contributed by atoms with Crippen LogP contribution in [0.15, 0.2) is 72.8 Å². The van der Waals surface area contributed by atoms with Gasteiger partial charge in [-0.2, -0.15) is 0 Å². The first-order valence-corrected chi connectivity index (χ1v) is 13.3. The molecule has 4 rings (SSSR count). The monoisotopic (exact) mass is 541 g/mol. The number of hydrogen-bond donors (Lipinski definition) is 0. The molecule has 3 aromatic carbocycles. The standard InChI is InChI=1S/C27H25BrClNO2S/c1-2-3-4-25-26(30-27(33-25)20-7-11-22(12-8-20)31-18-17-28)19-5-13-23(14-6-19)32-24-15-9-21(29)10-16-24/h5-16H,2-4,17-18H2,1H3. The zero-order valence-electron chi connectivity index (χ0n) is 18.4. The molecule has 0 aliphatic heterocycles. The molecule has 0 saturated carbocycles. The molecule has 0 radical (unpaired) electrons. The summed E-state index contributed by atoms with van der Waals surface area (Å²) in [6.45, 7) is 2.87. The Kier molecular flexibility index (Phi) is 8.43. The Morgan fingerprint density at radius 2 is 1.45 bits per heavy atom. The van der Waals surface area contributed by atoms with Crippen LogP contribution in [0.25, 0.3) is 21.8 Å². The summed E-state index contributed by atoms with van der Waals surface area (Å²) in [4.78, 5) is 6.35. The van der Waals surface area contributed by atoms with Gasteiger partial charge in [0, 0.05) is 26.4 Å². The van der Waals surface area contributed by atoms with E-state index in [1.807, 2.05) is 48.5 Å². The summed E-state index contributed by atoms with van der Waals surface area (Å²) in [5.74, 6) is 2.42. The largest absolute Gasteiger partial charge is 0.493 e. The van der Waals surface area contributed by atoms with Crippen molar-refractivity contribution in [2.45, 2.75) is 26.2 Å². The van der Waals surface area contributed by atoms with Crippen molar-refractivity contribution in [3.8, 4) is 39.1 Å². The van der Waals surface area contributed by atoms with E-state index in [0.717, 1.165) is 63.7 Å². The predicted octanol–water partition coefficient (Wildman–Crippen LogP) is 9.04. The number of nitrogens with zero attached hydrogens (tertiary/aromatic N) is 1. The molecule has 0 aliphatic carbocycles. The topological polar surface area (TPSA) is 31.4 Å². The highest BCUT2D eigenvalue weighted by atomic mass is 79.9. The highest BCUT2D eigenvalue weighted by molar-refractivity contribution is 9.09. The normalized spacial score (nSPS) is 10.9. The van der Waals surface area contributed by atoms with E-state index in [9.17, 15) is 0 Å². The van der Waals surface area contributed by atoms with E-state index < -0.39 is 0 Å². The van der Waals surface area contributed by atoms with Crippen LogP contribution < -0.4 is 9.47 Å². The summed E-state index contributed by atoms with van der Waals surface area (Å²) in [6.07, 6.45) is 3.32. The maximum absolute atomic E-state index is 5.96. The Morgan fingerprint density at radius 1 is 0.848 bits per heavy atom. The van der Waals surface area contributed by atoms with Gasteiger partial charge in [-0.1, -0.05) is 40.9 Å². The van der Waals surface area contributed by atoms with Crippen molar-refractivity contribution < 1.29 is 9.47 Å². The van der Waals surface area contributed by atoms with Gasteiger partial charge in [0.15, 0.2) is 0 Å². The van der Waals surface area contributed by atoms with Crippen molar-refractivity contribution in [3.05, 3.63) is 82.7 Å². The fraction of sp³-hybridized carbons (Fsp3) is 0.222. The number of unbranched alkanes of at least 4 members (excludes halogenated alkanes) is 1. The number of hydrogen-bond acceptors (Lipinski definition) is 4. The van der Waals surface area contributed by atoms with Crippen molar-refractivity contribution >= 4 is 38.9 Å². The van der Waals surface area contributed by atoms with Crippen LogP contribution in [0.2, 0.25) is 5.02 Å². The maximum Gasteiger partial charge on any atom is 0.127 e. The summed E-state index contributed by atoms with van der Waals surface area (Å²) in [6, 6.07) is 23.7. The van der Waals surface area contributed by atoms with E-state index in [1.54, 1.807) is 11.3 Å². The molecule has 170 valence electrons. The number of rotatable bonds is 10. The minimum atomic E-state index is 0.652. The zero-order valence-corrected chi connectivity index (χ0v) is 21.6. The number of aromatic nitrogens is 1. The van der Waals surface area contributed by atoms with Gasteiger partial charge in [0.05, 0.1) is 12.3 Å². The van der Waals surface area contributed by atoms with Crippen LogP contribution in [-0.4, -0.2) is 16.9 Å². The smallest absolute Gasteiger partial charge is 0.127 e. The van der Waals surface area contributed by atoms with E-state index >= 15 is 0 Å². The van der Waals surface area contributed by atoms with E-state index in [4.69, 9.17) is 26.1 Å². The summed E-state index contributed by atoms with van der Waals surface area (Å²) in [7, 11) is 0. The average Bonchev–Trinajstić information content (AvgIpc) is 3.28. The molecule has 33 heavy (non-hydrogen) atoms. The number of alkyl halides is 1. The molecule has 0 fully saturated rings. The maximum atomic E-state index is 5.96. The van der Waals surface area contributed by atoms with Gasteiger partial charge in [0.2, 0.25) is 0 Å². The second kappa shape index (κ2) is 11.7. The number of halogens is 2. The van der Waals surface area contributed by atoms with Gasteiger partial charge in [0.1, 0.15) is 22.3 Å². The van der Waals surface area contributed by atoms with Gasteiger partial charge in [-0.25, -0.2) is 4.98 Å². The summed E-state index contributed by atoms with van der Waals surface area (Å²) < 4.78 is 11.6. The zero-order chi connectivity index (χ0) is 23.0. The lowest BCUT2D eigenvalue weighted by Gasteiger charge is -2.07. The molecule has 0 bridgehead atoms. The number of thiazole rings is 1. The first-order chi connectivity index (χ1) is 16.2. The van der Waals surface area contributed by atoms with Gasteiger partial charge in [-0.3, -0.25) is 0 Å². The number of benzene rings is 3. The molecule has 0 saturated heterocycles. The first-order valence-electron chi connectivity index (χ1n) is 11.0. The molecule has 0 aliphatic rings. The van der Waals surface area contributed by atoms with Gasteiger partial charge < -0.3 is 9.47 Å². The molecule has 0 atom stereocenters. The van der Waals surface area contributed by atoms with Crippen molar-refractivity contribution in [1.29, 1.82) is 0 Å². The minimum absolute atomic E-state index is 0.652. The van der Waals surface area contributed by atoms with E-state index in [1.165, 1.54) is 4.88 Å². The average molecular weight is 543 g/mol. The number of ether oxygens (including phenoxy) is 2. The molecule has 0 amide bonds. The lowest BCUT2D eigenvalue weighted by Crippen LogP contribution is -1.97. The first kappa shape index (κ1) is 23.8. The fourth-order valence-corrected chi connectivity index (χ4v) is 4.80. The molecule has 0 spiro atoms. The SMILES string of the molecule is CCCCc1sc(-c2ccc(OCCBr)cc2)nc1-c1ccc(Oc2ccc(Cl)cc2)cc1. The van der Waals surface area contributed by atoms with Crippen LogP contribution in [0.3, 0.4) is 0 Å². The van der Waals surface area contributed by atoms with E-state index in [2.05, 4.69) is 47.1 Å². The Bertz CT molecular complexity index is 1160. The lowest BCUT2D eigenvalue weighted by molar-refractivity contribution is 0.345. The molecule has 6 heteroatoms. The molecule has 3 nitrogen and oxygen atoms in total. The highest BCUT2D eigenvalue weighted by Gasteiger charge is 2.15. The predicted molar refractivity (Wildman–Crippen MR) is 142 cm³/mol. The van der Waals surface area contributed by atoms with Crippen molar-refractivity contribution in [2.24, 2.45) is 0 Å². The third-order valence-corrected chi connectivity index (χ3v) is 6.82. The van der Waals surface area contributed by atoms with Crippen LogP contribution in [0.1, 0.15) is 24.6 Å². The Labute approximate surface area is 212 Å².